The van der Waals surface area contributed by atoms with Crippen molar-refractivity contribution in [1.29, 1.82) is 5.41 Å². The molecule has 0 spiro atoms. The molecule has 0 saturated heterocycles. The lowest BCUT2D eigenvalue weighted by molar-refractivity contribution is -0.610. The fraction of sp³-hybridized carbons (Fsp3) is 0.368. The van der Waals surface area contributed by atoms with Crippen molar-refractivity contribution in [2.45, 2.75) is 56.9 Å². The topological polar surface area (TPSA) is 167 Å². The zero-order valence-electron chi connectivity index (χ0n) is 30.8. The Kier molecular flexibility index (Phi) is 11.0. The number of nitrogens with zero attached hydrogens (tertiary/aromatic N) is 3. The number of anilines is 1. The molecule has 0 bridgehead atoms. The van der Waals surface area contributed by atoms with Gasteiger partial charge in [-0.15, -0.1) is 0 Å². The lowest BCUT2D eigenvalue weighted by Gasteiger charge is -2.34. The third-order valence-corrected chi connectivity index (χ3v) is 10.6. The zero-order valence-corrected chi connectivity index (χ0v) is 32.4. The average molecular weight is 837 g/mol. The highest BCUT2D eigenvalue weighted by atomic mass is 35.5. The summed E-state index contributed by atoms with van der Waals surface area (Å²) in [6, 6.07) is 10.5. The first-order valence-electron chi connectivity index (χ1n) is 17.5. The van der Waals surface area contributed by atoms with Gasteiger partial charge in [0, 0.05) is 35.6 Å². The number of aryl methyl sites for hydroxylation is 1. The Morgan fingerprint density at radius 1 is 1.16 bits per heavy atom. The average Bonchev–Trinajstić information content (AvgIpc) is 3.46. The summed E-state index contributed by atoms with van der Waals surface area (Å²) in [7, 11) is -2.27. The van der Waals surface area contributed by atoms with E-state index in [0.29, 0.717) is 22.2 Å². The number of benzene rings is 2. The minimum atomic E-state index is -5.18. The number of nitrogens with one attached hydrogen (secondary N) is 3. The molecule has 11 nitrogen and oxygen atoms in total. The van der Waals surface area contributed by atoms with E-state index in [9.17, 15) is 35.9 Å². The molecular weight excluding hydrogens is 800 g/mol. The summed E-state index contributed by atoms with van der Waals surface area (Å²) in [6.07, 6.45) is -4.37. The van der Waals surface area contributed by atoms with Crippen molar-refractivity contribution in [3.05, 3.63) is 87.6 Å². The summed E-state index contributed by atoms with van der Waals surface area (Å²) in [5.41, 5.74) is -3.48. The third-order valence-electron chi connectivity index (χ3n) is 9.73. The van der Waals surface area contributed by atoms with Crippen molar-refractivity contribution in [1.82, 2.24) is 20.1 Å². The molecule has 2 heterocycles. The van der Waals surface area contributed by atoms with E-state index in [1.54, 1.807) is 25.2 Å². The smallest absolute Gasteiger partial charge is 0.378 e. The van der Waals surface area contributed by atoms with Gasteiger partial charge in [0.25, 0.3) is 5.91 Å². The Bertz CT molecular complexity index is 2500. The number of fused-ring (bicyclic) bond motifs is 2. The maximum Gasteiger partial charge on any atom is 0.433 e. The van der Waals surface area contributed by atoms with E-state index in [-0.39, 0.29) is 46.9 Å². The van der Waals surface area contributed by atoms with Gasteiger partial charge in [-0.3, -0.25) is 19.6 Å². The second kappa shape index (κ2) is 15.1. The number of carbonyl (C=O) groups is 1. The minimum Gasteiger partial charge on any atom is -0.378 e. The van der Waals surface area contributed by atoms with Crippen molar-refractivity contribution < 1.29 is 50.0 Å². The van der Waals surface area contributed by atoms with E-state index in [1.807, 2.05) is 0 Å². The maximum absolute atomic E-state index is 15.5. The van der Waals surface area contributed by atoms with Crippen LogP contribution in [0.2, 0.25) is 5.02 Å². The first-order valence-corrected chi connectivity index (χ1v) is 19.8. The van der Waals surface area contributed by atoms with Crippen LogP contribution < -0.4 is 15.4 Å². The molecule has 2 aromatic heterocycles. The molecular formula is C38H37ClF6N7O4S+. The van der Waals surface area contributed by atoms with Gasteiger partial charge in [-0.05, 0) is 74.9 Å². The van der Waals surface area contributed by atoms with Crippen LogP contribution in [0, 0.1) is 34.9 Å². The van der Waals surface area contributed by atoms with Crippen LogP contribution in [0.1, 0.15) is 49.7 Å². The molecule has 0 aliphatic heterocycles. The number of aromatic nitrogens is 3. The Morgan fingerprint density at radius 2 is 1.86 bits per heavy atom. The SMILES string of the molecule is Cn1nc(NS(C)(=O)=O)c2c(Cl)ccc(-c3ccc(C#CC(C)(C)O)nc3[C@H](Cc3cccc(F)c3)NC(=O)C[NH2+]C3=C(C(=N)C(F)(F)F)[C@H]4CC[C@H]4C3(F)F)c21. The first kappa shape index (κ1) is 41.7. The molecule has 1 amide bonds. The van der Waals surface area contributed by atoms with Crippen LogP contribution in [0.5, 0.6) is 0 Å². The summed E-state index contributed by atoms with van der Waals surface area (Å²) in [5.74, 6) is -2.43. The highest BCUT2D eigenvalue weighted by Crippen LogP contribution is 2.57. The molecule has 57 heavy (non-hydrogen) atoms. The molecule has 4 aromatic rings. The zero-order chi connectivity index (χ0) is 41.8. The molecule has 1 saturated carbocycles. The number of alkyl halides is 5. The van der Waals surface area contributed by atoms with Gasteiger partial charge in [-0.1, -0.05) is 35.7 Å². The number of nitrogens with two attached hydrogens (primary N) is 1. The number of allylic oxidation sites excluding steroid dienone is 2. The van der Waals surface area contributed by atoms with Crippen molar-refractivity contribution in [2.75, 3.05) is 17.5 Å². The number of carbonyl (C=O) groups excluding carboxylic acids is 1. The number of hydrogen-bond donors (Lipinski definition) is 5. The van der Waals surface area contributed by atoms with Gasteiger partial charge in [0.15, 0.2) is 18.1 Å². The van der Waals surface area contributed by atoms with Crippen LogP contribution in [0.15, 0.2) is 59.8 Å². The predicted octanol–water partition coefficient (Wildman–Crippen LogP) is 5.40. The standard InChI is InChI=1S/C38H36ClF6N7O4S/c1-36(2,54)15-14-21-8-9-22(23-11-13-26(39)30-32(23)52(3)50-35(30)51-57(4,55)56)31(48-21)27(17-19-6-5-7-20(40)16-19)49-28(53)18-47-34-29(33(46)38(43,44)45)24-10-12-25(24)37(34,41)42/h5-9,11,13,16,24-25,27,46-47,54H,10,12,17-18H2,1-4H3,(H,49,53)(H,50,51)/p+1/t24-,25+,27-/m0/s1. The molecule has 2 aromatic carbocycles. The first-order chi connectivity index (χ1) is 26.4. The molecule has 2 aliphatic carbocycles. The van der Waals surface area contributed by atoms with Gasteiger partial charge in [0.1, 0.15) is 22.8 Å². The quantitative estimate of drug-likeness (QED) is 0.0772. The number of halogens is 7. The summed E-state index contributed by atoms with van der Waals surface area (Å²) >= 11 is 6.58. The Hall–Kier alpha value is -4.96. The normalized spacial score (nSPS) is 18.4. The van der Waals surface area contributed by atoms with Crippen LogP contribution in [-0.4, -0.2) is 70.4 Å². The molecule has 0 unspecified atom stereocenters. The van der Waals surface area contributed by atoms with Crippen molar-refractivity contribution in [3.8, 4) is 23.0 Å². The highest BCUT2D eigenvalue weighted by Gasteiger charge is 2.65. The van der Waals surface area contributed by atoms with Gasteiger partial charge in [-0.2, -0.15) is 27.1 Å². The van der Waals surface area contributed by atoms with Crippen LogP contribution in [0.4, 0.5) is 32.2 Å². The van der Waals surface area contributed by atoms with Crippen LogP contribution >= 0.6 is 11.6 Å². The van der Waals surface area contributed by atoms with E-state index in [0.717, 1.165) is 11.6 Å². The maximum atomic E-state index is 15.5. The number of quaternary nitrogens is 1. The molecule has 6 rings (SSSR count). The van der Waals surface area contributed by atoms with Gasteiger partial charge in [0.05, 0.1) is 33.9 Å². The van der Waals surface area contributed by atoms with E-state index >= 15 is 8.78 Å². The lowest BCUT2D eigenvalue weighted by atomic mass is 9.71. The molecule has 302 valence electrons. The van der Waals surface area contributed by atoms with Gasteiger partial charge >= 0.3 is 12.1 Å². The summed E-state index contributed by atoms with van der Waals surface area (Å²) < 4.78 is 115. The molecule has 1 fully saturated rings. The summed E-state index contributed by atoms with van der Waals surface area (Å²) in [6.45, 7) is 2.09. The summed E-state index contributed by atoms with van der Waals surface area (Å²) in [4.78, 5) is 18.5. The number of hydrogen-bond acceptors (Lipinski definition) is 7. The van der Waals surface area contributed by atoms with Crippen LogP contribution in [0.25, 0.3) is 22.0 Å². The predicted molar refractivity (Wildman–Crippen MR) is 200 cm³/mol. The number of amides is 1. The number of pyridine rings is 1. The second-order valence-electron chi connectivity index (χ2n) is 14.6. The number of aliphatic hydroxyl groups is 1. The van der Waals surface area contributed by atoms with Gasteiger partial charge in [-0.25, -0.2) is 17.8 Å². The summed E-state index contributed by atoms with van der Waals surface area (Å²) in [5, 5.41) is 26.2. The van der Waals surface area contributed by atoms with Gasteiger partial charge in [0.2, 0.25) is 10.0 Å². The fourth-order valence-electron chi connectivity index (χ4n) is 7.24. The third kappa shape index (κ3) is 8.81. The Morgan fingerprint density at radius 3 is 2.47 bits per heavy atom. The van der Waals surface area contributed by atoms with E-state index in [2.05, 4.69) is 27.0 Å². The van der Waals surface area contributed by atoms with Crippen LogP contribution in [0.3, 0.4) is 0 Å². The molecule has 6 N–H and O–H groups in total. The second-order valence-corrected chi connectivity index (χ2v) is 16.7. The fourth-order valence-corrected chi connectivity index (χ4v) is 7.97. The largest absolute Gasteiger partial charge is 0.433 e. The van der Waals surface area contributed by atoms with Crippen molar-refractivity contribution >= 4 is 50.0 Å². The van der Waals surface area contributed by atoms with E-state index < -0.39 is 80.9 Å². The van der Waals surface area contributed by atoms with Crippen LogP contribution in [-0.2, 0) is 28.3 Å². The molecule has 3 atom stereocenters. The minimum absolute atomic E-state index is 0.0346. The monoisotopic (exact) mass is 836 g/mol. The van der Waals surface area contributed by atoms with Crippen molar-refractivity contribution in [2.24, 2.45) is 18.9 Å². The Balaban J connectivity index is 1.47. The van der Waals surface area contributed by atoms with E-state index in [1.165, 1.54) is 48.9 Å². The number of rotatable bonds is 11. The van der Waals surface area contributed by atoms with Gasteiger partial charge < -0.3 is 15.7 Å². The molecule has 2 aliphatic rings. The lowest BCUT2D eigenvalue weighted by Crippen LogP contribution is -2.87. The van der Waals surface area contributed by atoms with Crippen molar-refractivity contribution in [3.63, 3.8) is 0 Å². The molecule has 19 heteroatoms. The molecule has 0 radical (unpaired) electrons. The number of sulfonamides is 1. The van der Waals surface area contributed by atoms with E-state index in [4.69, 9.17) is 22.0 Å². The Labute approximate surface area is 328 Å². The highest BCUT2D eigenvalue weighted by molar-refractivity contribution is 7.92.